The number of amides is 2. The van der Waals surface area contributed by atoms with Gasteiger partial charge in [-0.2, -0.15) is 0 Å². The summed E-state index contributed by atoms with van der Waals surface area (Å²) in [6.07, 6.45) is 8.44. The third kappa shape index (κ3) is 4.86. The van der Waals surface area contributed by atoms with Crippen LogP contribution >= 0.6 is 0 Å². The molecule has 1 aliphatic heterocycles. The van der Waals surface area contributed by atoms with E-state index < -0.39 is 0 Å². The molecule has 2 aliphatic rings. The van der Waals surface area contributed by atoms with Crippen molar-refractivity contribution < 1.29 is 14.0 Å². The highest BCUT2D eigenvalue weighted by molar-refractivity contribution is 5.81. The number of carbonyl (C=O) groups is 2. The normalized spacial score (nSPS) is 21.0. The van der Waals surface area contributed by atoms with Crippen molar-refractivity contribution in [2.24, 2.45) is 5.92 Å². The molecule has 1 aromatic rings. The Balaban J connectivity index is 1.54. The maximum Gasteiger partial charge on any atom is 0.223 e. The van der Waals surface area contributed by atoms with E-state index in [4.69, 9.17) is 4.42 Å². The minimum absolute atomic E-state index is 0.0661. The Kier molecular flexibility index (Phi) is 6.16. The summed E-state index contributed by atoms with van der Waals surface area (Å²) in [7, 11) is 0. The van der Waals surface area contributed by atoms with Crippen LogP contribution in [0.25, 0.3) is 0 Å². The number of nitrogens with one attached hydrogen (secondary N) is 1. The van der Waals surface area contributed by atoms with Gasteiger partial charge in [-0.1, -0.05) is 19.8 Å². The van der Waals surface area contributed by atoms with Crippen LogP contribution in [0.2, 0.25) is 0 Å². The van der Waals surface area contributed by atoms with Gasteiger partial charge in [0.05, 0.1) is 6.04 Å². The van der Waals surface area contributed by atoms with Gasteiger partial charge in [0.15, 0.2) is 0 Å². The Morgan fingerprint density at radius 1 is 1.20 bits per heavy atom. The summed E-state index contributed by atoms with van der Waals surface area (Å²) in [6, 6.07) is 4.12. The number of likely N-dealkylation sites (tertiary alicyclic amines) is 1. The zero-order chi connectivity index (χ0) is 17.6. The number of rotatable bonds is 7. The standard InChI is InChI=1S/C20H30N2O3/c1-2-16-11-12-18(25-16)17-7-4-3-5-14-22(17)19(23)8-6-13-21-20(24)15-9-10-15/h11-12,15,17H,2-10,13-14H2,1H3,(H,21,24). The largest absolute Gasteiger partial charge is 0.464 e. The highest BCUT2D eigenvalue weighted by atomic mass is 16.3. The van der Waals surface area contributed by atoms with Crippen LogP contribution in [0.4, 0.5) is 0 Å². The molecule has 5 nitrogen and oxygen atoms in total. The van der Waals surface area contributed by atoms with E-state index in [0.717, 1.165) is 56.6 Å². The molecular formula is C20H30N2O3. The summed E-state index contributed by atoms with van der Waals surface area (Å²) in [5.41, 5.74) is 0. The molecule has 1 aromatic heterocycles. The lowest BCUT2D eigenvalue weighted by molar-refractivity contribution is -0.134. The van der Waals surface area contributed by atoms with Crippen LogP contribution in [0, 0.1) is 5.92 Å². The van der Waals surface area contributed by atoms with Gasteiger partial charge in [-0.05, 0) is 44.2 Å². The fraction of sp³-hybridized carbons (Fsp3) is 0.700. The molecule has 1 saturated heterocycles. The van der Waals surface area contributed by atoms with Crippen LogP contribution in [-0.2, 0) is 16.0 Å². The molecule has 2 heterocycles. The topological polar surface area (TPSA) is 62.6 Å². The third-order valence-electron chi connectivity index (χ3n) is 5.25. The van der Waals surface area contributed by atoms with Gasteiger partial charge in [0.1, 0.15) is 11.5 Å². The summed E-state index contributed by atoms with van der Waals surface area (Å²) in [6.45, 7) is 3.48. The van der Waals surface area contributed by atoms with Crippen molar-refractivity contribution in [1.82, 2.24) is 10.2 Å². The maximum absolute atomic E-state index is 12.8. The van der Waals surface area contributed by atoms with E-state index in [-0.39, 0.29) is 23.8 Å². The van der Waals surface area contributed by atoms with Crippen LogP contribution in [0.15, 0.2) is 16.5 Å². The molecule has 1 saturated carbocycles. The second-order valence-electron chi connectivity index (χ2n) is 7.28. The third-order valence-corrected chi connectivity index (χ3v) is 5.25. The van der Waals surface area contributed by atoms with Crippen molar-refractivity contribution in [3.8, 4) is 0 Å². The lowest BCUT2D eigenvalue weighted by Crippen LogP contribution is -2.35. The van der Waals surface area contributed by atoms with E-state index >= 15 is 0 Å². The molecule has 1 N–H and O–H groups in total. The fourth-order valence-electron chi connectivity index (χ4n) is 3.55. The summed E-state index contributed by atoms with van der Waals surface area (Å²) >= 11 is 0. The Hall–Kier alpha value is -1.78. The fourth-order valence-corrected chi connectivity index (χ4v) is 3.55. The van der Waals surface area contributed by atoms with E-state index in [1.54, 1.807) is 0 Å². The average molecular weight is 346 g/mol. The molecule has 25 heavy (non-hydrogen) atoms. The van der Waals surface area contributed by atoms with Crippen LogP contribution < -0.4 is 5.32 Å². The number of nitrogens with zero attached hydrogens (tertiary/aromatic N) is 1. The first kappa shape index (κ1) is 18.0. The van der Waals surface area contributed by atoms with Gasteiger partial charge in [-0.3, -0.25) is 9.59 Å². The molecule has 0 spiro atoms. The molecule has 138 valence electrons. The first-order valence-corrected chi connectivity index (χ1v) is 9.85. The van der Waals surface area contributed by atoms with Gasteiger partial charge in [-0.15, -0.1) is 0 Å². The minimum atomic E-state index is 0.0661. The van der Waals surface area contributed by atoms with Crippen molar-refractivity contribution in [3.05, 3.63) is 23.7 Å². The summed E-state index contributed by atoms with van der Waals surface area (Å²) < 4.78 is 5.95. The second-order valence-corrected chi connectivity index (χ2v) is 7.28. The van der Waals surface area contributed by atoms with Crippen LogP contribution in [0.3, 0.4) is 0 Å². The van der Waals surface area contributed by atoms with Gasteiger partial charge >= 0.3 is 0 Å². The lowest BCUT2D eigenvalue weighted by atomic mass is 10.1. The Labute approximate surface area is 150 Å². The van der Waals surface area contributed by atoms with Gasteiger partial charge < -0.3 is 14.6 Å². The van der Waals surface area contributed by atoms with Crippen LogP contribution in [-0.4, -0.2) is 29.8 Å². The SMILES string of the molecule is CCc1ccc(C2CCCCCN2C(=O)CCCNC(=O)C2CC2)o1. The van der Waals surface area contributed by atoms with E-state index in [1.165, 1.54) is 6.42 Å². The first-order chi connectivity index (χ1) is 12.2. The van der Waals surface area contributed by atoms with Crippen molar-refractivity contribution in [3.63, 3.8) is 0 Å². The van der Waals surface area contributed by atoms with Crippen molar-refractivity contribution in [2.75, 3.05) is 13.1 Å². The molecule has 0 radical (unpaired) electrons. The Morgan fingerprint density at radius 2 is 2.04 bits per heavy atom. The summed E-state index contributed by atoms with van der Waals surface area (Å²) in [5, 5.41) is 2.94. The molecular weight excluding hydrogens is 316 g/mol. The number of hydrogen-bond acceptors (Lipinski definition) is 3. The monoisotopic (exact) mass is 346 g/mol. The lowest BCUT2D eigenvalue weighted by Gasteiger charge is -2.29. The van der Waals surface area contributed by atoms with Crippen LogP contribution in [0.5, 0.6) is 0 Å². The molecule has 3 rings (SSSR count). The minimum Gasteiger partial charge on any atom is -0.464 e. The number of hydrogen-bond donors (Lipinski definition) is 1. The maximum atomic E-state index is 12.8. The Morgan fingerprint density at radius 3 is 2.76 bits per heavy atom. The molecule has 0 bridgehead atoms. The molecule has 2 amide bonds. The quantitative estimate of drug-likeness (QED) is 0.768. The molecule has 5 heteroatoms. The number of aryl methyl sites for hydroxylation is 1. The highest BCUT2D eigenvalue weighted by Crippen LogP contribution is 2.32. The molecule has 1 aliphatic carbocycles. The summed E-state index contributed by atoms with van der Waals surface area (Å²) in [4.78, 5) is 26.4. The van der Waals surface area contributed by atoms with Crippen molar-refractivity contribution in [2.45, 2.75) is 70.8 Å². The number of furan rings is 1. The first-order valence-electron chi connectivity index (χ1n) is 9.85. The van der Waals surface area contributed by atoms with E-state index in [9.17, 15) is 9.59 Å². The average Bonchev–Trinajstić information content (AvgIpc) is 3.41. The highest BCUT2D eigenvalue weighted by Gasteiger charge is 2.30. The van der Waals surface area contributed by atoms with Gasteiger partial charge in [0.25, 0.3) is 0 Å². The van der Waals surface area contributed by atoms with E-state index in [1.807, 2.05) is 17.0 Å². The molecule has 0 aromatic carbocycles. The molecule has 1 unspecified atom stereocenters. The molecule has 2 fully saturated rings. The summed E-state index contributed by atoms with van der Waals surface area (Å²) in [5.74, 6) is 2.48. The number of carbonyl (C=O) groups excluding carboxylic acids is 2. The zero-order valence-corrected chi connectivity index (χ0v) is 15.3. The van der Waals surface area contributed by atoms with Gasteiger partial charge in [0.2, 0.25) is 11.8 Å². The van der Waals surface area contributed by atoms with Crippen molar-refractivity contribution in [1.29, 1.82) is 0 Å². The van der Waals surface area contributed by atoms with Crippen molar-refractivity contribution >= 4 is 11.8 Å². The second kappa shape index (κ2) is 8.54. The molecule has 1 atom stereocenters. The van der Waals surface area contributed by atoms with Crippen LogP contribution in [0.1, 0.15) is 75.9 Å². The van der Waals surface area contributed by atoms with Gasteiger partial charge in [-0.25, -0.2) is 0 Å². The van der Waals surface area contributed by atoms with E-state index in [0.29, 0.717) is 19.4 Å². The zero-order valence-electron chi connectivity index (χ0n) is 15.3. The van der Waals surface area contributed by atoms with Gasteiger partial charge in [0, 0.05) is 31.8 Å². The predicted octanol–water partition coefficient (Wildman–Crippen LogP) is 3.59. The Bertz CT molecular complexity index is 592. The van der Waals surface area contributed by atoms with E-state index in [2.05, 4.69) is 12.2 Å². The smallest absolute Gasteiger partial charge is 0.223 e. The predicted molar refractivity (Wildman–Crippen MR) is 96.0 cm³/mol.